The van der Waals surface area contributed by atoms with Crippen molar-refractivity contribution >= 4 is 0 Å². The summed E-state index contributed by atoms with van der Waals surface area (Å²) in [5.41, 5.74) is 2.43. The second-order valence-corrected chi connectivity index (χ2v) is 3.66. The van der Waals surface area contributed by atoms with E-state index in [-0.39, 0.29) is 6.10 Å². The minimum Gasteiger partial charge on any atom is -0.371 e. The van der Waals surface area contributed by atoms with Crippen LogP contribution in [0.5, 0.6) is 0 Å². The van der Waals surface area contributed by atoms with Gasteiger partial charge in [0, 0.05) is 14.2 Å². The second kappa shape index (κ2) is 5.71. The third kappa shape index (κ3) is 2.69. The van der Waals surface area contributed by atoms with Crippen LogP contribution in [-0.2, 0) is 11.8 Å². The van der Waals surface area contributed by atoms with Crippen molar-refractivity contribution in [1.82, 2.24) is 9.55 Å². The highest BCUT2D eigenvalue weighted by Crippen LogP contribution is 2.27. The highest BCUT2D eigenvalue weighted by atomic mass is 16.5. The SMILES string of the molecule is C/C=C(\CCC)C(OC)c1cncn1C. The average Bonchev–Trinajstić information content (AvgIpc) is 2.65. The Labute approximate surface area is 91.8 Å². The number of nitrogens with zero attached hydrogens (tertiary/aromatic N) is 2. The molecule has 1 aromatic heterocycles. The maximum atomic E-state index is 5.55. The number of hydrogen-bond donors (Lipinski definition) is 0. The summed E-state index contributed by atoms with van der Waals surface area (Å²) in [6, 6.07) is 0. The summed E-state index contributed by atoms with van der Waals surface area (Å²) >= 11 is 0. The molecule has 0 aliphatic rings. The van der Waals surface area contributed by atoms with Gasteiger partial charge < -0.3 is 9.30 Å². The predicted molar refractivity (Wildman–Crippen MR) is 61.6 cm³/mol. The van der Waals surface area contributed by atoms with Crippen LogP contribution in [0.2, 0.25) is 0 Å². The van der Waals surface area contributed by atoms with Crippen LogP contribution < -0.4 is 0 Å². The van der Waals surface area contributed by atoms with Gasteiger partial charge in [-0.2, -0.15) is 0 Å². The molecule has 1 heterocycles. The van der Waals surface area contributed by atoms with Crippen LogP contribution in [0.4, 0.5) is 0 Å². The minimum absolute atomic E-state index is 0.0439. The Morgan fingerprint density at radius 1 is 1.67 bits per heavy atom. The molecule has 3 heteroatoms. The molecule has 1 rings (SSSR count). The van der Waals surface area contributed by atoms with E-state index in [0.717, 1.165) is 18.5 Å². The molecule has 15 heavy (non-hydrogen) atoms. The molecule has 84 valence electrons. The third-order valence-corrected chi connectivity index (χ3v) is 2.60. The van der Waals surface area contributed by atoms with Gasteiger partial charge in [0.1, 0.15) is 6.10 Å². The van der Waals surface area contributed by atoms with Crippen LogP contribution in [-0.4, -0.2) is 16.7 Å². The van der Waals surface area contributed by atoms with Crippen LogP contribution in [0.1, 0.15) is 38.5 Å². The smallest absolute Gasteiger partial charge is 0.120 e. The molecule has 0 aliphatic carbocycles. The molecule has 0 amide bonds. The van der Waals surface area contributed by atoms with Crippen LogP contribution in [0.15, 0.2) is 24.2 Å². The summed E-state index contributed by atoms with van der Waals surface area (Å²) in [4.78, 5) is 4.12. The molecular weight excluding hydrogens is 188 g/mol. The minimum atomic E-state index is 0.0439. The summed E-state index contributed by atoms with van der Waals surface area (Å²) in [6.45, 7) is 4.24. The summed E-state index contributed by atoms with van der Waals surface area (Å²) in [5.74, 6) is 0. The molecule has 0 aliphatic heterocycles. The summed E-state index contributed by atoms with van der Waals surface area (Å²) in [7, 11) is 3.74. The Kier molecular flexibility index (Phi) is 4.56. The Bertz CT molecular complexity index is 328. The van der Waals surface area contributed by atoms with E-state index >= 15 is 0 Å². The zero-order chi connectivity index (χ0) is 11.3. The molecule has 0 saturated heterocycles. The summed E-state index contributed by atoms with van der Waals surface area (Å²) < 4.78 is 7.56. The fourth-order valence-corrected chi connectivity index (χ4v) is 1.80. The molecule has 0 radical (unpaired) electrons. The monoisotopic (exact) mass is 208 g/mol. The Morgan fingerprint density at radius 3 is 2.80 bits per heavy atom. The lowest BCUT2D eigenvalue weighted by molar-refractivity contribution is 0.123. The molecule has 0 spiro atoms. The van der Waals surface area contributed by atoms with E-state index in [9.17, 15) is 0 Å². The van der Waals surface area contributed by atoms with Crippen LogP contribution in [0, 0.1) is 0 Å². The number of hydrogen-bond acceptors (Lipinski definition) is 2. The lowest BCUT2D eigenvalue weighted by atomic mass is 10.0. The van der Waals surface area contributed by atoms with Crippen molar-refractivity contribution in [2.24, 2.45) is 7.05 Å². The van der Waals surface area contributed by atoms with Gasteiger partial charge in [-0.3, -0.25) is 0 Å². The lowest BCUT2D eigenvalue weighted by Gasteiger charge is -2.19. The lowest BCUT2D eigenvalue weighted by Crippen LogP contribution is -2.09. The van der Waals surface area contributed by atoms with Gasteiger partial charge in [-0.25, -0.2) is 4.98 Å². The van der Waals surface area contributed by atoms with Gasteiger partial charge in [0.25, 0.3) is 0 Å². The Morgan fingerprint density at radius 2 is 2.40 bits per heavy atom. The zero-order valence-electron chi connectivity index (χ0n) is 10.0. The predicted octanol–water partition coefficient (Wildman–Crippen LogP) is 2.85. The van der Waals surface area contributed by atoms with Crippen molar-refractivity contribution in [3.8, 4) is 0 Å². The molecule has 1 unspecified atom stereocenters. The standard InChI is InChI=1S/C12H20N2O/c1-5-7-10(6-2)12(15-4)11-8-13-9-14(11)3/h6,8-9,12H,5,7H2,1-4H3/b10-6+. The molecular formula is C12H20N2O. The van der Waals surface area contributed by atoms with Crippen molar-refractivity contribution in [2.45, 2.75) is 32.8 Å². The summed E-state index contributed by atoms with van der Waals surface area (Å²) in [5, 5.41) is 0. The van der Waals surface area contributed by atoms with Crippen molar-refractivity contribution in [3.05, 3.63) is 29.9 Å². The first-order valence-corrected chi connectivity index (χ1v) is 5.38. The molecule has 0 fully saturated rings. The fourth-order valence-electron chi connectivity index (χ4n) is 1.80. The highest BCUT2D eigenvalue weighted by Gasteiger charge is 2.17. The largest absolute Gasteiger partial charge is 0.371 e. The third-order valence-electron chi connectivity index (χ3n) is 2.60. The zero-order valence-corrected chi connectivity index (χ0v) is 10.0. The number of imidazole rings is 1. The maximum absolute atomic E-state index is 5.55. The van der Waals surface area contributed by atoms with Gasteiger partial charge in [0.2, 0.25) is 0 Å². The molecule has 0 saturated carbocycles. The van der Waals surface area contributed by atoms with Gasteiger partial charge in [0.05, 0.1) is 18.2 Å². The molecule has 0 aromatic carbocycles. The number of rotatable bonds is 5. The Balaban J connectivity index is 2.93. The molecule has 0 N–H and O–H groups in total. The topological polar surface area (TPSA) is 27.1 Å². The van der Waals surface area contributed by atoms with Crippen molar-refractivity contribution < 1.29 is 4.74 Å². The van der Waals surface area contributed by atoms with Gasteiger partial charge in [-0.05, 0) is 18.9 Å². The van der Waals surface area contributed by atoms with E-state index in [1.165, 1.54) is 5.57 Å². The van der Waals surface area contributed by atoms with E-state index in [1.54, 1.807) is 13.4 Å². The quantitative estimate of drug-likeness (QED) is 0.696. The van der Waals surface area contributed by atoms with E-state index in [0.29, 0.717) is 0 Å². The first-order valence-electron chi connectivity index (χ1n) is 5.38. The normalized spacial score (nSPS) is 14.3. The van der Waals surface area contributed by atoms with E-state index < -0.39 is 0 Å². The van der Waals surface area contributed by atoms with Crippen LogP contribution in [0.25, 0.3) is 0 Å². The van der Waals surface area contributed by atoms with Gasteiger partial charge >= 0.3 is 0 Å². The van der Waals surface area contributed by atoms with E-state index in [4.69, 9.17) is 4.74 Å². The first-order chi connectivity index (χ1) is 7.24. The van der Waals surface area contributed by atoms with Crippen LogP contribution >= 0.6 is 0 Å². The molecule has 1 atom stereocenters. The van der Waals surface area contributed by atoms with Gasteiger partial charge in [0.15, 0.2) is 0 Å². The Hall–Kier alpha value is -1.09. The molecule has 1 aromatic rings. The fraction of sp³-hybridized carbons (Fsp3) is 0.583. The molecule has 0 bridgehead atoms. The summed E-state index contributed by atoms with van der Waals surface area (Å²) in [6.07, 6.45) is 8.07. The first kappa shape index (κ1) is 12.0. The number of aryl methyl sites for hydroxylation is 1. The molecule has 3 nitrogen and oxygen atoms in total. The number of ether oxygens (including phenoxy) is 1. The van der Waals surface area contributed by atoms with E-state index in [2.05, 4.69) is 24.9 Å². The average molecular weight is 208 g/mol. The second-order valence-electron chi connectivity index (χ2n) is 3.66. The maximum Gasteiger partial charge on any atom is 0.120 e. The number of methoxy groups -OCH3 is 1. The van der Waals surface area contributed by atoms with E-state index in [1.807, 2.05) is 17.8 Å². The van der Waals surface area contributed by atoms with Gasteiger partial charge in [-0.1, -0.05) is 19.4 Å². The van der Waals surface area contributed by atoms with Crippen molar-refractivity contribution in [2.75, 3.05) is 7.11 Å². The number of aromatic nitrogens is 2. The van der Waals surface area contributed by atoms with Crippen LogP contribution in [0.3, 0.4) is 0 Å². The number of allylic oxidation sites excluding steroid dienone is 1. The van der Waals surface area contributed by atoms with Gasteiger partial charge in [-0.15, -0.1) is 0 Å². The van der Waals surface area contributed by atoms with Crippen molar-refractivity contribution in [3.63, 3.8) is 0 Å². The highest BCUT2D eigenvalue weighted by molar-refractivity contribution is 5.18. The van der Waals surface area contributed by atoms with Crippen molar-refractivity contribution in [1.29, 1.82) is 0 Å².